The maximum absolute atomic E-state index is 12.9. The molecule has 5 nitrogen and oxygen atoms in total. The zero-order chi connectivity index (χ0) is 19.9. The van der Waals surface area contributed by atoms with Crippen LogP contribution in [-0.2, 0) is 17.4 Å². The molecule has 0 unspecified atom stereocenters. The van der Waals surface area contributed by atoms with E-state index in [1.807, 2.05) is 12.1 Å². The zero-order valence-corrected chi connectivity index (χ0v) is 15.5. The van der Waals surface area contributed by atoms with E-state index < -0.39 is 17.0 Å². The molecule has 2 aromatic rings. The smallest absolute Gasteiger partial charge is 0.416 e. The predicted octanol–water partition coefficient (Wildman–Crippen LogP) is 4.24. The summed E-state index contributed by atoms with van der Waals surface area (Å²) in [5, 5.41) is -0.0370. The molecule has 1 atom stereocenters. The van der Waals surface area contributed by atoms with Crippen molar-refractivity contribution in [2.75, 3.05) is 13.8 Å². The molecule has 2 heterocycles. The summed E-state index contributed by atoms with van der Waals surface area (Å²) in [5.41, 5.74) is 0.285. The Morgan fingerprint density at radius 1 is 1.18 bits per heavy atom. The Balaban J connectivity index is 1.53. The summed E-state index contributed by atoms with van der Waals surface area (Å²) < 4.78 is 49.3. The number of amidine groups is 1. The van der Waals surface area contributed by atoms with Crippen molar-refractivity contribution in [2.24, 2.45) is 4.99 Å². The molecular formula is C19H15F3N2O3S. The number of thioether (sulfide) groups is 1. The molecule has 0 aliphatic carbocycles. The lowest BCUT2D eigenvalue weighted by atomic mass is 10.1. The number of hydrogen-bond acceptors (Lipinski definition) is 5. The van der Waals surface area contributed by atoms with Gasteiger partial charge in [0.05, 0.1) is 16.5 Å². The second-order valence-corrected chi connectivity index (χ2v) is 7.51. The number of alkyl halides is 3. The average Bonchev–Trinajstić information content (AvgIpc) is 3.22. The third-order valence-corrected chi connectivity index (χ3v) is 5.63. The highest BCUT2D eigenvalue weighted by molar-refractivity contribution is 8.15. The fourth-order valence-corrected chi connectivity index (χ4v) is 4.14. The highest BCUT2D eigenvalue weighted by Gasteiger charge is 2.36. The number of hydrogen-bond donors (Lipinski definition) is 0. The van der Waals surface area contributed by atoms with Crippen LogP contribution in [0.15, 0.2) is 47.5 Å². The molecule has 1 amide bonds. The maximum Gasteiger partial charge on any atom is 0.416 e. The van der Waals surface area contributed by atoms with Gasteiger partial charge in [0.1, 0.15) is 0 Å². The van der Waals surface area contributed by atoms with Crippen molar-refractivity contribution in [3.63, 3.8) is 0 Å². The molecule has 1 fully saturated rings. The summed E-state index contributed by atoms with van der Waals surface area (Å²) in [6.45, 7) is 0.173. The second-order valence-electron chi connectivity index (χ2n) is 6.34. The molecule has 28 heavy (non-hydrogen) atoms. The quantitative estimate of drug-likeness (QED) is 0.763. The minimum Gasteiger partial charge on any atom is -0.454 e. The van der Waals surface area contributed by atoms with Crippen LogP contribution < -0.4 is 9.47 Å². The highest BCUT2D eigenvalue weighted by Crippen LogP contribution is 2.36. The first-order valence-electron chi connectivity index (χ1n) is 8.40. The molecule has 2 aromatic carbocycles. The summed E-state index contributed by atoms with van der Waals surface area (Å²) in [6.07, 6.45) is -3.99. The molecule has 9 heteroatoms. The number of ether oxygens (including phenoxy) is 2. The van der Waals surface area contributed by atoms with Gasteiger partial charge >= 0.3 is 6.18 Å². The first-order valence-corrected chi connectivity index (χ1v) is 9.28. The fourth-order valence-electron chi connectivity index (χ4n) is 2.94. The van der Waals surface area contributed by atoms with Crippen LogP contribution in [0.1, 0.15) is 11.1 Å². The van der Waals surface area contributed by atoms with Gasteiger partial charge in [-0.1, -0.05) is 23.9 Å². The van der Waals surface area contributed by atoms with Crippen molar-refractivity contribution in [1.82, 2.24) is 4.90 Å². The first kappa shape index (κ1) is 18.7. The maximum atomic E-state index is 12.9. The minimum atomic E-state index is -4.44. The molecule has 0 saturated carbocycles. The molecule has 0 radical (unpaired) electrons. The lowest BCUT2D eigenvalue weighted by Crippen LogP contribution is -2.28. The number of amides is 1. The summed E-state index contributed by atoms with van der Waals surface area (Å²) in [7, 11) is 1.57. The topological polar surface area (TPSA) is 51.1 Å². The van der Waals surface area contributed by atoms with Gasteiger partial charge in [0.2, 0.25) is 12.7 Å². The number of nitrogens with zero attached hydrogens (tertiary/aromatic N) is 2. The predicted molar refractivity (Wildman–Crippen MR) is 99.0 cm³/mol. The molecule has 4 rings (SSSR count). The van der Waals surface area contributed by atoms with Crippen LogP contribution in [-0.4, -0.2) is 35.1 Å². The van der Waals surface area contributed by atoms with Crippen molar-refractivity contribution in [1.29, 1.82) is 0 Å². The normalized spacial score (nSPS) is 20.3. The third kappa shape index (κ3) is 3.66. The minimum absolute atomic E-state index is 0.145. The molecule has 0 spiro atoms. The Labute approximate surface area is 163 Å². The van der Waals surface area contributed by atoms with Gasteiger partial charge in [0, 0.05) is 7.05 Å². The van der Waals surface area contributed by atoms with E-state index in [4.69, 9.17) is 9.47 Å². The van der Waals surface area contributed by atoms with Crippen LogP contribution in [0, 0.1) is 0 Å². The Morgan fingerprint density at radius 3 is 2.75 bits per heavy atom. The number of rotatable bonds is 3. The number of carbonyl (C=O) groups excluding carboxylic acids is 1. The van der Waals surface area contributed by atoms with E-state index in [9.17, 15) is 18.0 Å². The third-order valence-electron chi connectivity index (χ3n) is 4.40. The molecule has 146 valence electrons. The molecule has 0 aromatic heterocycles. The van der Waals surface area contributed by atoms with Crippen LogP contribution in [0.5, 0.6) is 11.5 Å². The average molecular weight is 408 g/mol. The van der Waals surface area contributed by atoms with Gasteiger partial charge in [0.15, 0.2) is 16.7 Å². The van der Waals surface area contributed by atoms with E-state index in [0.717, 1.165) is 17.7 Å². The summed E-state index contributed by atoms with van der Waals surface area (Å²) in [5.74, 6) is 1.16. The van der Waals surface area contributed by atoms with Crippen LogP contribution in [0.4, 0.5) is 18.9 Å². The fraction of sp³-hybridized carbons (Fsp3) is 0.263. The summed E-state index contributed by atoms with van der Waals surface area (Å²) in [6, 6.07) is 10.2. The van der Waals surface area contributed by atoms with Gasteiger partial charge in [-0.15, -0.1) is 0 Å². The van der Waals surface area contributed by atoms with Gasteiger partial charge in [-0.3, -0.25) is 9.69 Å². The van der Waals surface area contributed by atoms with Crippen molar-refractivity contribution in [2.45, 2.75) is 17.8 Å². The molecular weight excluding hydrogens is 393 g/mol. The second kappa shape index (κ2) is 7.05. The van der Waals surface area contributed by atoms with Crippen molar-refractivity contribution in [3.8, 4) is 11.5 Å². The van der Waals surface area contributed by atoms with Crippen LogP contribution >= 0.6 is 11.8 Å². The lowest BCUT2D eigenvalue weighted by Gasteiger charge is -2.10. The Hall–Kier alpha value is -2.68. The van der Waals surface area contributed by atoms with E-state index in [-0.39, 0.29) is 18.4 Å². The number of benzene rings is 2. The van der Waals surface area contributed by atoms with Crippen molar-refractivity contribution < 1.29 is 27.4 Å². The van der Waals surface area contributed by atoms with E-state index >= 15 is 0 Å². The molecule has 1 saturated heterocycles. The molecule has 2 aliphatic heterocycles. The molecule has 0 N–H and O–H groups in total. The standard InChI is InChI=1S/C19H15F3N2O3S/c1-24-17(25)16(8-11-5-6-14-15(7-11)27-10-26-14)28-18(24)23-13-4-2-3-12(9-13)19(20,21)22/h2-7,9,16H,8,10H2,1H3/t16-/m1/s1. The Morgan fingerprint density at radius 2 is 1.96 bits per heavy atom. The van der Waals surface area contributed by atoms with Gasteiger partial charge in [-0.25, -0.2) is 4.99 Å². The largest absolute Gasteiger partial charge is 0.454 e. The monoisotopic (exact) mass is 408 g/mol. The van der Waals surface area contributed by atoms with Crippen molar-refractivity contribution in [3.05, 3.63) is 53.6 Å². The van der Waals surface area contributed by atoms with Crippen LogP contribution in [0.25, 0.3) is 0 Å². The van der Waals surface area contributed by atoms with Crippen LogP contribution in [0.3, 0.4) is 0 Å². The van der Waals surface area contributed by atoms with E-state index in [0.29, 0.717) is 23.1 Å². The molecule has 0 bridgehead atoms. The number of halogens is 3. The summed E-state index contributed by atoms with van der Waals surface area (Å²) in [4.78, 5) is 18.2. The summed E-state index contributed by atoms with van der Waals surface area (Å²) >= 11 is 1.24. The van der Waals surface area contributed by atoms with Crippen molar-refractivity contribution >= 4 is 28.5 Å². The van der Waals surface area contributed by atoms with E-state index in [2.05, 4.69) is 4.99 Å². The zero-order valence-electron chi connectivity index (χ0n) is 14.7. The first-order chi connectivity index (χ1) is 13.3. The van der Waals surface area contributed by atoms with E-state index in [1.165, 1.54) is 28.8 Å². The van der Waals surface area contributed by atoms with E-state index in [1.54, 1.807) is 13.1 Å². The van der Waals surface area contributed by atoms with Crippen LogP contribution in [0.2, 0.25) is 0 Å². The highest BCUT2D eigenvalue weighted by atomic mass is 32.2. The SMILES string of the molecule is CN1C(=O)[C@@H](Cc2ccc3c(c2)OCO3)SC1=Nc1cccc(C(F)(F)F)c1. The Bertz CT molecular complexity index is 962. The number of carbonyl (C=O) groups is 1. The lowest BCUT2D eigenvalue weighted by molar-refractivity contribution is -0.137. The van der Waals surface area contributed by atoms with Gasteiger partial charge in [-0.2, -0.15) is 13.2 Å². The van der Waals surface area contributed by atoms with Gasteiger partial charge in [0.25, 0.3) is 0 Å². The van der Waals surface area contributed by atoms with Gasteiger partial charge < -0.3 is 9.47 Å². The van der Waals surface area contributed by atoms with Gasteiger partial charge in [-0.05, 0) is 42.3 Å². The Kier molecular flexibility index (Phi) is 4.70. The number of aliphatic imine (C=N–C) groups is 1. The molecule has 2 aliphatic rings. The number of fused-ring (bicyclic) bond motifs is 1.